The van der Waals surface area contributed by atoms with Gasteiger partial charge in [0.2, 0.25) is 5.96 Å². The minimum Gasteiger partial charge on any atom is -0.369 e. The molecule has 19 heavy (non-hydrogen) atoms. The predicted molar refractivity (Wildman–Crippen MR) is 71.0 cm³/mol. The molecule has 0 radical (unpaired) electrons. The van der Waals surface area contributed by atoms with E-state index < -0.39 is 5.09 Å². The van der Waals surface area contributed by atoms with Crippen molar-refractivity contribution in [2.45, 2.75) is 20.3 Å². The van der Waals surface area contributed by atoms with Crippen molar-refractivity contribution < 1.29 is 15.5 Å². The molecule has 1 aromatic carbocycles. The number of hydrogen-bond acceptors (Lipinski definition) is 3. The van der Waals surface area contributed by atoms with Gasteiger partial charge in [0.1, 0.15) is 4.91 Å². The first-order valence-electron chi connectivity index (χ1n) is 5.44. The Bertz CT molecular complexity index is 460. The van der Waals surface area contributed by atoms with E-state index in [-0.39, 0.29) is 5.96 Å². The second-order valence-corrected chi connectivity index (χ2v) is 3.54. The second kappa shape index (κ2) is 8.45. The van der Waals surface area contributed by atoms with E-state index in [1.165, 1.54) is 5.56 Å². The number of nitrogens with zero attached hydrogens (tertiary/aromatic N) is 3. The lowest BCUT2D eigenvalue weighted by Crippen LogP contribution is -2.22. The zero-order valence-electron chi connectivity index (χ0n) is 10.8. The van der Waals surface area contributed by atoms with Crippen LogP contribution in [0, 0.1) is 11.8 Å². The Morgan fingerprint density at radius 2 is 1.68 bits per heavy atom. The summed E-state index contributed by atoms with van der Waals surface area (Å²) >= 11 is 0. The topological polar surface area (TPSA) is 137 Å². The van der Waals surface area contributed by atoms with Crippen molar-refractivity contribution in [3.8, 4) is 0 Å². The van der Waals surface area contributed by atoms with Crippen LogP contribution in [-0.2, 0) is 0 Å². The fraction of sp³-hybridized carbons (Fsp3) is 0.273. The molecule has 0 fully saturated rings. The maximum Gasteiger partial charge on any atom is 0.472 e. The third-order valence-corrected chi connectivity index (χ3v) is 2.01. The summed E-state index contributed by atoms with van der Waals surface area (Å²) in [5, 5.41) is 20.2. The summed E-state index contributed by atoms with van der Waals surface area (Å²) in [6.45, 7) is 4.06. The van der Waals surface area contributed by atoms with Crippen molar-refractivity contribution in [2.24, 2.45) is 21.7 Å². The summed E-state index contributed by atoms with van der Waals surface area (Å²) in [6, 6.07) is 8.10. The van der Waals surface area contributed by atoms with Crippen LogP contribution in [-0.4, -0.2) is 27.2 Å². The van der Waals surface area contributed by atoms with E-state index in [1.54, 1.807) is 0 Å². The summed E-state index contributed by atoms with van der Waals surface area (Å²) in [7, 11) is 0. The van der Waals surface area contributed by atoms with Gasteiger partial charge in [-0.2, -0.15) is 5.10 Å². The highest BCUT2D eigenvalue weighted by molar-refractivity contribution is 6.00. The first-order valence-corrected chi connectivity index (χ1v) is 5.44. The van der Waals surface area contributed by atoms with E-state index in [4.69, 9.17) is 26.8 Å². The molecule has 0 aliphatic heterocycles. The fourth-order valence-electron chi connectivity index (χ4n) is 1.20. The molecule has 0 aromatic heterocycles. The minimum absolute atomic E-state index is 0.0203. The third-order valence-electron chi connectivity index (χ3n) is 2.01. The Hall–Kier alpha value is -2.64. The van der Waals surface area contributed by atoms with Gasteiger partial charge in [0.15, 0.2) is 0 Å². The van der Waals surface area contributed by atoms with Crippen LogP contribution in [0.3, 0.4) is 0 Å². The van der Waals surface area contributed by atoms with Gasteiger partial charge in [0, 0.05) is 0 Å². The van der Waals surface area contributed by atoms with Crippen LogP contribution in [0.15, 0.2) is 34.5 Å². The monoisotopic (exact) mass is 268 g/mol. The molecule has 0 atom stereocenters. The highest BCUT2D eigenvalue weighted by Gasteiger charge is 2.00. The lowest BCUT2D eigenvalue weighted by Gasteiger charge is -2.02. The maximum atomic E-state index is 8.47. The Labute approximate surface area is 110 Å². The fourth-order valence-corrected chi connectivity index (χ4v) is 1.20. The molecule has 0 bridgehead atoms. The van der Waals surface area contributed by atoms with Gasteiger partial charge in [-0.15, -0.1) is 5.10 Å². The highest BCUT2D eigenvalue weighted by Crippen LogP contribution is 2.07. The third kappa shape index (κ3) is 8.13. The van der Waals surface area contributed by atoms with Gasteiger partial charge >= 0.3 is 5.09 Å². The van der Waals surface area contributed by atoms with Gasteiger partial charge in [-0.05, 0) is 18.9 Å². The summed E-state index contributed by atoms with van der Waals surface area (Å²) in [6.07, 6.45) is 0.792. The lowest BCUT2D eigenvalue weighted by molar-refractivity contribution is -0.969. The van der Waals surface area contributed by atoms with Crippen LogP contribution in [0.4, 0.5) is 0 Å². The maximum absolute atomic E-state index is 8.47. The Kier molecular flexibility index (Phi) is 7.28. The molecule has 0 saturated carbocycles. The van der Waals surface area contributed by atoms with E-state index in [0.29, 0.717) is 0 Å². The Morgan fingerprint density at radius 3 is 2.05 bits per heavy atom. The average molecular weight is 268 g/mol. The molecule has 8 heteroatoms. The van der Waals surface area contributed by atoms with Gasteiger partial charge in [-0.25, -0.2) is 10.4 Å². The molecule has 0 saturated heterocycles. The van der Waals surface area contributed by atoms with E-state index >= 15 is 0 Å². The summed E-state index contributed by atoms with van der Waals surface area (Å²) in [5.74, 6) is -0.0203. The van der Waals surface area contributed by atoms with Crippen molar-refractivity contribution >= 4 is 11.7 Å². The largest absolute Gasteiger partial charge is 0.472 e. The normalized spacial score (nSPS) is 10.1. The first-order chi connectivity index (χ1) is 8.86. The molecule has 1 rings (SSSR count). The smallest absolute Gasteiger partial charge is 0.369 e. The first kappa shape index (κ1) is 16.4. The van der Waals surface area contributed by atoms with Crippen LogP contribution < -0.4 is 11.5 Å². The van der Waals surface area contributed by atoms with Gasteiger partial charge in [-0.1, -0.05) is 36.8 Å². The number of guanidine groups is 1. The molecule has 0 aliphatic carbocycles. The molecule has 0 amide bonds. The number of rotatable bonds is 3. The van der Waals surface area contributed by atoms with Gasteiger partial charge in [0.25, 0.3) is 0 Å². The highest BCUT2D eigenvalue weighted by atomic mass is 16.9. The van der Waals surface area contributed by atoms with Crippen molar-refractivity contribution in [1.29, 1.82) is 0 Å². The summed E-state index contributed by atoms with van der Waals surface area (Å²) in [5.41, 5.74) is 13.6. The van der Waals surface area contributed by atoms with Crippen LogP contribution >= 0.6 is 0 Å². The standard InChI is InChI=1S/C11H16N4.H2NO3/c1-3-10(14-15-11(12)13)9-6-4-8(2)5-7-9;2-1(3)4/h4-7H,3H2,1-2H3,(H4,12,13,15);(H2,2,3,4)/q;+1/b14-10+;. The van der Waals surface area contributed by atoms with Crippen molar-refractivity contribution in [3.05, 3.63) is 40.3 Å². The van der Waals surface area contributed by atoms with E-state index in [2.05, 4.69) is 10.2 Å². The van der Waals surface area contributed by atoms with Gasteiger partial charge < -0.3 is 11.5 Å². The van der Waals surface area contributed by atoms with E-state index in [0.717, 1.165) is 17.7 Å². The molecular weight excluding hydrogens is 250 g/mol. The van der Waals surface area contributed by atoms with Crippen LogP contribution in [0.5, 0.6) is 0 Å². The number of hydrogen-bond donors (Lipinski definition) is 4. The molecule has 104 valence electrons. The number of benzene rings is 1. The van der Waals surface area contributed by atoms with Crippen molar-refractivity contribution in [3.63, 3.8) is 0 Å². The Morgan fingerprint density at radius 1 is 1.21 bits per heavy atom. The average Bonchev–Trinajstić information content (AvgIpc) is 2.31. The quantitative estimate of drug-likeness (QED) is 0.367. The van der Waals surface area contributed by atoms with Crippen LogP contribution in [0.25, 0.3) is 0 Å². The molecule has 0 spiro atoms. The molecule has 6 N–H and O–H groups in total. The number of aryl methyl sites for hydroxylation is 1. The van der Waals surface area contributed by atoms with E-state index in [1.807, 2.05) is 38.1 Å². The van der Waals surface area contributed by atoms with Crippen LogP contribution in [0.2, 0.25) is 0 Å². The minimum atomic E-state index is -1.25. The molecule has 0 unspecified atom stereocenters. The number of nitrogens with two attached hydrogens (primary N) is 2. The Balaban J connectivity index is 0.000000711. The van der Waals surface area contributed by atoms with Crippen LogP contribution in [0.1, 0.15) is 24.5 Å². The lowest BCUT2D eigenvalue weighted by atomic mass is 10.1. The second-order valence-electron chi connectivity index (χ2n) is 3.54. The van der Waals surface area contributed by atoms with Gasteiger partial charge in [0.05, 0.1) is 5.71 Å². The molecule has 0 heterocycles. The zero-order valence-corrected chi connectivity index (χ0v) is 10.8. The molecule has 8 nitrogen and oxygen atoms in total. The van der Waals surface area contributed by atoms with E-state index in [9.17, 15) is 0 Å². The molecular formula is C11H18N5O3+. The van der Waals surface area contributed by atoms with Crippen molar-refractivity contribution in [1.82, 2.24) is 0 Å². The van der Waals surface area contributed by atoms with Gasteiger partial charge in [-0.3, -0.25) is 0 Å². The summed E-state index contributed by atoms with van der Waals surface area (Å²) < 4.78 is 0. The van der Waals surface area contributed by atoms with Crippen molar-refractivity contribution in [2.75, 3.05) is 0 Å². The summed E-state index contributed by atoms with van der Waals surface area (Å²) in [4.78, 5) is 8.47. The SMILES string of the molecule is CC/C(=N\N=C(N)N)c1ccc(C)cc1.O=[N+](O)O. The molecule has 0 aliphatic rings. The molecule has 1 aromatic rings. The zero-order chi connectivity index (χ0) is 14.8. The predicted octanol–water partition coefficient (Wildman–Crippen LogP) is 0.926.